The molecule has 7 heteroatoms. The molecule has 3 rings (SSSR count). The summed E-state index contributed by atoms with van der Waals surface area (Å²) in [6, 6.07) is 12.8. The number of amides is 1. The van der Waals surface area contributed by atoms with E-state index in [9.17, 15) is 9.59 Å². The molecule has 0 aliphatic carbocycles. The molecule has 0 fully saturated rings. The third-order valence-corrected chi connectivity index (χ3v) is 6.11. The van der Waals surface area contributed by atoms with Gasteiger partial charge in [-0.05, 0) is 41.7 Å². The summed E-state index contributed by atoms with van der Waals surface area (Å²) in [4.78, 5) is 30.5. The number of nitrogens with one attached hydrogen (secondary N) is 1. The van der Waals surface area contributed by atoms with Gasteiger partial charge in [0.25, 0.3) is 11.5 Å². The summed E-state index contributed by atoms with van der Waals surface area (Å²) in [7, 11) is 0. The van der Waals surface area contributed by atoms with Crippen LogP contribution in [0, 0.1) is 11.8 Å². The molecule has 1 heterocycles. The molecule has 31 heavy (non-hydrogen) atoms. The molecule has 1 aromatic heterocycles. The van der Waals surface area contributed by atoms with E-state index in [0.717, 1.165) is 5.56 Å². The molecule has 2 aromatic carbocycles. The van der Waals surface area contributed by atoms with Gasteiger partial charge in [-0.2, -0.15) is 0 Å². The van der Waals surface area contributed by atoms with Gasteiger partial charge in [0.2, 0.25) is 0 Å². The summed E-state index contributed by atoms with van der Waals surface area (Å²) in [5.41, 5.74) is 1.93. The number of thioether (sulfide) groups is 1. The molecule has 5 nitrogen and oxygen atoms in total. The Morgan fingerprint density at radius 2 is 1.87 bits per heavy atom. The minimum absolute atomic E-state index is 0.0884. The lowest BCUT2D eigenvalue weighted by Crippen LogP contribution is -2.28. The van der Waals surface area contributed by atoms with Crippen LogP contribution in [0.25, 0.3) is 10.9 Å². The maximum absolute atomic E-state index is 13.2. The highest BCUT2D eigenvalue weighted by Gasteiger charge is 2.15. The summed E-state index contributed by atoms with van der Waals surface area (Å²) in [6.45, 7) is 9.40. The Labute approximate surface area is 192 Å². The van der Waals surface area contributed by atoms with Gasteiger partial charge in [0.05, 0.1) is 10.9 Å². The van der Waals surface area contributed by atoms with Gasteiger partial charge in [0.15, 0.2) is 5.16 Å². The van der Waals surface area contributed by atoms with Crippen molar-refractivity contribution in [3.05, 3.63) is 69.0 Å². The van der Waals surface area contributed by atoms with Crippen LogP contribution >= 0.6 is 23.4 Å². The number of halogens is 1. The van der Waals surface area contributed by atoms with Crippen molar-refractivity contribution in [1.29, 1.82) is 0 Å². The number of nitrogens with zero attached hydrogens (tertiary/aromatic N) is 2. The van der Waals surface area contributed by atoms with Gasteiger partial charge in [-0.1, -0.05) is 69.3 Å². The van der Waals surface area contributed by atoms with Crippen LogP contribution in [0.5, 0.6) is 0 Å². The number of carbonyl (C=O) groups is 1. The zero-order valence-corrected chi connectivity index (χ0v) is 19.9. The fourth-order valence-corrected chi connectivity index (χ4v) is 4.43. The Kier molecular flexibility index (Phi) is 7.79. The van der Waals surface area contributed by atoms with Crippen LogP contribution < -0.4 is 10.9 Å². The summed E-state index contributed by atoms with van der Waals surface area (Å²) < 4.78 is 1.73. The fourth-order valence-electron chi connectivity index (χ4n) is 3.13. The average molecular weight is 458 g/mol. The van der Waals surface area contributed by atoms with E-state index in [1.165, 1.54) is 11.8 Å². The van der Waals surface area contributed by atoms with Gasteiger partial charge in [-0.3, -0.25) is 14.2 Å². The van der Waals surface area contributed by atoms with Gasteiger partial charge in [0.1, 0.15) is 0 Å². The third-order valence-electron chi connectivity index (χ3n) is 4.72. The Morgan fingerprint density at radius 1 is 1.13 bits per heavy atom. The van der Waals surface area contributed by atoms with E-state index >= 15 is 0 Å². The monoisotopic (exact) mass is 457 g/mol. The number of aromatic nitrogens is 2. The second-order valence-electron chi connectivity index (χ2n) is 8.42. The van der Waals surface area contributed by atoms with Crippen molar-refractivity contribution >= 4 is 40.2 Å². The van der Waals surface area contributed by atoms with E-state index in [1.807, 2.05) is 38.1 Å². The van der Waals surface area contributed by atoms with Crippen LogP contribution in [-0.4, -0.2) is 22.0 Å². The normalized spacial score (nSPS) is 11.5. The number of benzene rings is 2. The Balaban J connectivity index is 2.00. The first-order valence-corrected chi connectivity index (χ1v) is 11.8. The molecule has 0 unspecified atom stereocenters. The second kappa shape index (κ2) is 10.3. The minimum Gasteiger partial charge on any atom is -0.352 e. The highest BCUT2D eigenvalue weighted by Crippen LogP contribution is 2.26. The lowest BCUT2D eigenvalue weighted by Gasteiger charge is -2.15. The number of carbonyl (C=O) groups excluding carboxylic acids is 1. The van der Waals surface area contributed by atoms with Crippen molar-refractivity contribution in [2.45, 2.75) is 45.1 Å². The van der Waals surface area contributed by atoms with Crippen molar-refractivity contribution in [1.82, 2.24) is 14.9 Å². The van der Waals surface area contributed by atoms with Crippen LogP contribution in [0.2, 0.25) is 5.02 Å². The number of fused-ring (bicyclic) bond motifs is 1. The highest BCUT2D eigenvalue weighted by molar-refractivity contribution is 7.98. The van der Waals surface area contributed by atoms with Gasteiger partial charge >= 0.3 is 0 Å². The number of hydrogen-bond acceptors (Lipinski definition) is 4. The van der Waals surface area contributed by atoms with Gasteiger partial charge in [-0.15, -0.1) is 0 Å². The maximum Gasteiger partial charge on any atom is 0.262 e. The minimum atomic E-state index is -0.158. The van der Waals surface area contributed by atoms with Crippen LogP contribution in [0.3, 0.4) is 0 Å². The van der Waals surface area contributed by atoms with Gasteiger partial charge < -0.3 is 5.32 Å². The fraction of sp³-hybridized carbons (Fsp3) is 0.375. The van der Waals surface area contributed by atoms with E-state index in [1.54, 1.807) is 22.8 Å². The number of hydrogen-bond donors (Lipinski definition) is 1. The molecule has 0 bridgehead atoms. The summed E-state index contributed by atoms with van der Waals surface area (Å²) in [5, 5.41) is 4.75. The van der Waals surface area contributed by atoms with Crippen molar-refractivity contribution < 1.29 is 4.79 Å². The molecule has 0 radical (unpaired) electrons. The highest BCUT2D eigenvalue weighted by atomic mass is 35.5. The first-order chi connectivity index (χ1) is 14.8. The summed E-state index contributed by atoms with van der Waals surface area (Å²) in [5.74, 6) is 1.09. The molecule has 3 aromatic rings. The second-order valence-corrected chi connectivity index (χ2v) is 9.77. The van der Waals surface area contributed by atoms with E-state index in [2.05, 4.69) is 19.2 Å². The maximum atomic E-state index is 13.2. The first-order valence-electron chi connectivity index (χ1n) is 10.4. The van der Waals surface area contributed by atoms with Crippen molar-refractivity contribution in [3.63, 3.8) is 0 Å². The zero-order valence-electron chi connectivity index (χ0n) is 18.3. The van der Waals surface area contributed by atoms with Crippen LogP contribution in [-0.2, 0) is 12.3 Å². The molecule has 1 amide bonds. The Hall–Kier alpha value is -2.31. The third kappa shape index (κ3) is 5.89. The van der Waals surface area contributed by atoms with Crippen LogP contribution in [0.4, 0.5) is 0 Å². The Morgan fingerprint density at radius 3 is 2.55 bits per heavy atom. The first kappa shape index (κ1) is 23.4. The van der Waals surface area contributed by atoms with E-state index in [0.29, 0.717) is 51.4 Å². The van der Waals surface area contributed by atoms with Crippen molar-refractivity contribution in [2.24, 2.45) is 11.8 Å². The summed E-state index contributed by atoms with van der Waals surface area (Å²) in [6.07, 6.45) is 0. The van der Waals surface area contributed by atoms with E-state index in [-0.39, 0.29) is 17.4 Å². The zero-order chi connectivity index (χ0) is 22.5. The molecule has 0 atom stereocenters. The lowest BCUT2D eigenvalue weighted by molar-refractivity contribution is 0.0949. The smallest absolute Gasteiger partial charge is 0.262 e. The molecule has 0 saturated heterocycles. The van der Waals surface area contributed by atoms with Crippen molar-refractivity contribution in [3.8, 4) is 0 Å². The predicted octanol–water partition coefficient (Wildman–Crippen LogP) is 5.38. The lowest BCUT2D eigenvalue weighted by atomic mass is 10.1. The van der Waals surface area contributed by atoms with E-state index in [4.69, 9.17) is 16.6 Å². The summed E-state index contributed by atoms with van der Waals surface area (Å²) >= 11 is 7.78. The Bertz CT molecular complexity index is 1140. The molecule has 0 saturated carbocycles. The SMILES string of the molecule is CC(C)CNC(=O)c1ccc2c(=O)n(CC(C)C)c(SCc3ccccc3Cl)nc2c1. The van der Waals surface area contributed by atoms with Crippen molar-refractivity contribution in [2.75, 3.05) is 6.54 Å². The largest absolute Gasteiger partial charge is 0.352 e. The molecule has 1 N–H and O–H groups in total. The molecule has 0 aliphatic rings. The average Bonchev–Trinajstić information content (AvgIpc) is 2.73. The quantitative estimate of drug-likeness (QED) is 0.364. The molecular formula is C24H28ClN3O2S. The van der Waals surface area contributed by atoms with Gasteiger partial charge in [0, 0.05) is 29.4 Å². The molecule has 0 aliphatic heterocycles. The van der Waals surface area contributed by atoms with Gasteiger partial charge in [-0.25, -0.2) is 4.98 Å². The van der Waals surface area contributed by atoms with Crippen LogP contribution in [0.15, 0.2) is 52.4 Å². The predicted molar refractivity (Wildman–Crippen MR) is 129 cm³/mol. The van der Waals surface area contributed by atoms with E-state index < -0.39 is 0 Å². The van der Waals surface area contributed by atoms with Crippen LogP contribution in [0.1, 0.15) is 43.6 Å². The number of rotatable bonds is 8. The molecular weight excluding hydrogens is 430 g/mol. The topological polar surface area (TPSA) is 64.0 Å². The molecule has 0 spiro atoms. The molecule has 164 valence electrons. The standard InChI is InChI=1S/C24H28ClN3O2S/c1-15(2)12-26-22(29)17-9-10-19-21(11-17)27-24(28(23(19)30)13-16(3)4)31-14-18-7-5-6-8-20(18)25/h5-11,15-16H,12-14H2,1-4H3,(H,26,29).